The van der Waals surface area contributed by atoms with Crippen molar-refractivity contribution in [3.8, 4) is 23.0 Å². The van der Waals surface area contributed by atoms with E-state index in [0.717, 1.165) is 17.7 Å². The molecular formula is C30H33N5O6. The lowest BCUT2D eigenvalue weighted by Crippen LogP contribution is -2.19. The number of tetrazole rings is 1. The monoisotopic (exact) mass is 559 g/mol. The lowest BCUT2D eigenvalue weighted by Gasteiger charge is -2.15. The van der Waals surface area contributed by atoms with E-state index < -0.39 is 5.91 Å². The smallest absolute Gasteiger partial charge is 0.295 e. The summed E-state index contributed by atoms with van der Waals surface area (Å²) < 4.78 is 18.3. The van der Waals surface area contributed by atoms with Crippen molar-refractivity contribution in [2.75, 3.05) is 25.6 Å². The molecule has 3 aromatic carbocycles. The summed E-state index contributed by atoms with van der Waals surface area (Å²) in [4.78, 5) is 24.7. The average molecular weight is 560 g/mol. The first-order chi connectivity index (χ1) is 19.9. The first kappa shape index (κ1) is 29.1. The third-order valence-corrected chi connectivity index (χ3v) is 6.25. The maximum atomic E-state index is 12.9. The standard InChI is InChI=1S/C30H33N5O6/c1-4-7-26-27(15-14-25(20(2)36)28(26)37)41-17-6-16-40-24-9-5-8-22(18-24)31-30(38)29-32-33-34-35(29)19-21-10-12-23(39-3)13-11-21/h5,8-15,18,37H,4,6-7,16-17,19H2,1-3H3,(H,31,38). The Kier molecular flexibility index (Phi) is 9.87. The molecule has 0 bridgehead atoms. The number of aromatic nitrogens is 4. The van der Waals surface area contributed by atoms with Crippen molar-refractivity contribution < 1.29 is 28.9 Å². The van der Waals surface area contributed by atoms with Crippen LogP contribution in [0.2, 0.25) is 0 Å². The van der Waals surface area contributed by atoms with Gasteiger partial charge in [-0.15, -0.1) is 5.10 Å². The lowest BCUT2D eigenvalue weighted by atomic mass is 10.0. The molecule has 0 saturated carbocycles. The van der Waals surface area contributed by atoms with Crippen molar-refractivity contribution in [3.63, 3.8) is 0 Å². The molecule has 0 radical (unpaired) electrons. The number of carbonyl (C=O) groups excluding carboxylic acids is 2. The summed E-state index contributed by atoms with van der Waals surface area (Å²) in [5, 5.41) is 24.8. The molecule has 1 amide bonds. The molecule has 0 saturated heterocycles. The number of nitrogens with one attached hydrogen (secondary N) is 1. The molecule has 41 heavy (non-hydrogen) atoms. The second-order valence-corrected chi connectivity index (χ2v) is 9.29. The Hall–Kier alpha value is -4.93. The summed E-state index contributed by atoms with van der Waals surface area (Å²) in [7, 11) is 1.60. The van der Waals surface area contributed by atoms with Crippen LogP contribution < -0.4 is 19.5 Å². The van der Waals surface area contributed by atoms with Gasteiger partial charge >= 0.3 is 0 Å². The highest BCUT2D eigenvalue weighted by molar-refractivity contribution is 6.01. The average Bonchev–Trinajstić information content (AvgIpc) is 3.43. The van der Waals surface area contributed by atoms with Crippen LogP contribution >= 0.6 is 0 Å². The first-order valence-corrected chi connectivity index (χ1v) is 13.3. The fourth-order valence-electron chi connectivity index (χ4n) is 4.19. The number of ketones is 1. The molecule has 0 fully saturated rings. The molecule has 2 N–H and O–H groups in total. The minimum absolute atomic E-state index is 0.0123. The maximum Gasteiger partial charge on any atom is 0.295 e. The van der Waals surface area contributed by atoms with E-state index in [2.05, 4.69) is 20.8 Å². The molecule has 11 nitrogen and oxygen atoms in total. The molecule has 1 aromatic heterocycles. The maximum absolute atomic E-state index is 12.9. The molecule has 0 aliphatic carbocycles. The van der Waals surface area contributed by atoms with Crippen molar-refractivity contribution in [2.24, 2.45) is 0 Å². The molecule has 11 heteroatoms. The van der Waals surface area contributed by atoms with Gasteiger partial charge in [-0.2, -0.15) is 0 Å². The third kappa shape index (κ3) is 7.59. The zero-order valence-electron chi connectivity index (χ0n) is 23.3. The van der Waals surface area contributed by atoms with Crippen molar-refractivity contribution in [2.45, 2.75) is 39.7 Å². The van der Waals surface area contributed by atoms with Gasteiger partial charge in [-0.25, -0.2) is 4.68 Å². The lowest BCUT2D eigenvalue weighted by molar-refractivity contribution is 0.100. The van der Waals surface area contributed by atoms with E-state index in [9.17, 15) is 14.7 Å². The van der Waals surface area contributed by atoms with Gasteiger partial charge in [-0.05, 0) is 65.7 Å². The van der Waals surface area contributed by atoms with Gasteiger partial charge in [0.25, 0.3) is 5.91 Å². The topological polar surface area (TPSA) is 138 Å². The fraction of sp³-hybridized carbons (Fsp3) is 0.300. The Labute approximate surface area is 238 Å². The van der Waals surface area contributed by atoms with E-state index in [1.165, 1.54) is 11.6 Å². The van der Waals surface area contributed by atoms with Gasteiger partial charge in [-0.3, -0.25) is 9.59 Å². The Morgan fingerprint density at radius 1 is 1.00 bits per heavy atom. The summed E-state index contributed by atoms with van der Waals surface area (Å²) in [5.41, 5.74) is 2.38. The molecular weight excluding hydrogens is 526 g/mol. The number of hydrogen-bond donors (Lipinski definition) is 2. The number of benzene rings is 3. The number of carbonyl (C=O) groups is 2. The van der Waals surface area contributed by atoms with Crippen LogP contribution in [0.1, 0.15) is 58.8 Å². The van der Waals surface area contributed by atoms with Gasteiger partial charge in [-0.1, -0.05) is 31.5 Å². The quantitative estimate of drug-likeness (QED) is 0.166. The second-order valence-electron chi connectivity index (χ2n) is 9.29. The summed E-state index contributed by atoms with van der Waals surface area (Å²) >= 11 is 0. The number of nitrogens with zero attached hydrogens (tertiary/aromatic N) is 4. The van der Waals surface area contributed by atoms with Gasteiger partial charge in [0.15, 0.2) is 5.78 Å². The number of hydrogen-bond acceptors (Lipinski definition) is 9. The highest BCUT2D eigenvalue weighted by Crippen LogP contribution is 2.33. The zero-order valence-corrected chi connectivity index (χ0v) is 23.3. The van der Waals surface area contributed by atoms with Crippen LogP contribution in [0.25, 0.3) is 0 Å². The van der Waals surface area contributed by atoms with Crippen molar-refractivity contribution in [1.29, 1.82) is 0 Å². The third-order valence-electron chi connectivity index (χ3n) is 6.25. The predicted molar refractivity (Wildman–Crippen MR) is 152 cm³/mol. The molecule has 214 valence electrons. The molecule has 0 spiro atoms. The number of amides is 1. The van der Waals surface area contributed by atoms with E-state index in [-0.39, 0.29) is 17.4 Å². The van der Waals surface area contributed by atoms with Crippen LogP contribution in [-0.4, -0.2) is 57.3 Å². The van der Waals surface area contributed by atoms with Crippen LogP contribution in [0.15, 0.2) is 60.7 Å². The molecule has 1 heterocycles. The Morgan fingerprint density at radius 3 is 2.51 bits per heavy atom. The number of phenolic OH excluding ortho intramolecular Hbond substituents is 1. The highest BCUT2D eigenvalue weighted by Gasteiger charge is 2.17. The predicted octanol–water partition coefficient (Wildman–Crippen LogP) is 4.69. The van der Waals surface area contributed by atoms with Gasteiger partial charge in [0.2, 0.25) is 5.82 Å². The van der Waals surface area contributed by atoms with Gasteiger partial charge in [0, 0.05) is 23.7 Å². The van der Waals surface area contributed by atoms with Gasteiger partial charge < -0.3 is 24.6 Å². The van der Waals surface area contributed by atoms with E-state index in [1.54, 1.807) is 43.5 Å². The largest absolute Gasteiger partial charge is 0.507 e. The van der Waals surface area contributed by atoms with E-state index >= 15 is 0 Å². The van der Waals surface area contributed by atoms with Gasteiger partial charge in [0.05, 0.1) is 32.4 Å². The summed E-state index contributed by atoms with van der Waals surface area (Å²) in [5.74, 6) is 1.31. The van der Waals surface area contributed by atoms with Crippen LogP contribution in [-0.2, 0) is 13.0 Å². The van der Waals surface area contributed by atoms with Crippen molar-refractivity contribution in [3.05, 3.63) is 83.2 Å². The first-order valence-electron chi connectivity index (χ1n) is 13.3. The molecule has 4 aromatic rings. The minimum atomic E-state index is -0.448. The van der Waals surface area contributed by atoms with Crippen LogP contribution in [0.4, 0.5) is 5.69 Å². The number of rotatable bonds is 14. The molecule has 0 atom stereocenters. The van der Waals surface area contributed by atoms with E-state index in [4.69, 9.17) is 14.2 Å². The Morgan fingerprint density at radius 2 is 1.78 bits per heavy atom. The summed E-state index contributed by atoms with van der Waals surface area (Å²) in [6, 6.07) is 17.8. The van der Waals surface area contributed by atoms with E-state index in [0.29, 0.717) is 60.9 Å². The van der Waals surface area contributed by atoms with Crippen LogP contribution in [0.5, 0.6) is 23.0 Å². The SMILES string of the molecule is CCCc1c(OCCCOc2cccc(NC(=O)c3nnnn3Cc3ccc(OC)cc3)c2)ccc(C(C)=O)c1O. The van der Waals surface area contributed by atoms with E-state index in [1.807, 2.05) is 31.2 Å². The molecule has 0 aliphatic heterocycles. The van der Waals surface area contributed by atoms with Crippen LogP contribution in [0, 0.1) is 0 Å². The number of phenols is 1. The zero-order chi connectivity index (χ0) is 29.2. The highest BCUT2D eigenvalue weighted by atomic mass is 16.5. The Balaban J connectivity index is 1.29. The fourth-order valence-corrected chi connectivity index (χ4v) is 4.19. The van der Waals surface area contributed by atoms with Crippen molar-refractivity contribution >= 4 is 17.4 Å². The molecule has 0 aliphatic rings. The molecule has 0 unspecified atom stereocenters. The summed E-state index contributed by atoms with van der Waals surface area (Å²) in [6.07, 6.45) is 1.99. The number of ether oxygens (including phenoxy) is 3. The Bertz CT molecular complexity index is 1490. The normalized spacial score (nSPS) is 10.7. The minimum Gasteiger partial charge on any atom is -0.507 e. The summed E-state index contributed by atoms with van der Waals surface area (Å²) in [6.45, 7) is 4.49. The van der Waals surface area contributed by atoms with Gasteiger partial charge in [0.1, 0.15) is 23.0 Å². The van der Waals surface area contributed by atoms with Crippen LogP contribution in [0.3, 0.4) is 0 Å². The second kappa shape index (κ2) is 13.9. The molecule has 4 rings (SSSR count). The number of Topliss-reactive ketones (excluding diaryl/α,β-unsaturated/α-hetero) is 1. The van der Waals surface area contributed by atoms with Crippen molar-refractivity contribution in [1.82, 2.24) is 20.2 Å². The number of anilines is 1. The number of methoxy groups -OCH3 is 1. The number of aromatic hydroxyl groups is 1.